The summed E-state index contributed by atoms with van der Waals surface area (Å²) >= 11 is 0. The molecule has 0 spiro atoms. The van der Waals surface area contributed by atoms with Crippen molar-refractivity contribution in [2.45, 2.75) is 12.5 Å². The summed E-state index contributed by atoms with van der Waals surface area (Å²) in [6, 6.07) is 15.1. The molecule has 1 N–H and O–H groups in total. The van der Waals surface area contributed by atoms with Crippen molar-refractivity contribution in [1.82, 2.24) is 4.57 Å². The summed E-state index contributed by atoms with van der Waals surface area (Å²) in [6.07, 6.45) is 0.0152. The van der Waals surface area contributed by atoms with Crippen LogP contribution in [0.25, 0.3) is 10.8 Å². The molecule has 6 nitrogen and oxygen atoms in total. The molecular weight excluding hydrogens is 332 g/mol. The summed E-state index contributed by atoms with van der Waals surface area (Å²) in [4.78, 5) is 12.7. The number of rotatable bonds is 5. The van der Waals surface area contributed by atoms with E-state index in [4.69, 9.17) is 9.47 Å². The average molecular weight is 350 g/mol. The van der Waals surface area contributed by atoms with Gasteiger partial charge in [-0.2, -0.15) is 5.26 Å². The van der Waals surface area contributed by atoms with Gasteiger partial charge in [0.05, 0.1) is 32.8 Å². The highest BCUT2D eigenvalue weighted by Crippen LogP contribution is 2.34. The van der Waals surface area contributed by atoms with Gasteiger partial charge in [0.25, 0.3) is 5.56 Å². The Hall–Kier alpha value is -3.46. The number of ether oxygens (including phenoxy) is 2. The van der Waals surface area contributed by atoms with Crippen LogP contribution >= 0.6 is 0 Å². The van der Waals surface area contributed by atoms with Gasteiger partial charge >= 0.3 is 0 Å². The average Bonchev–Trinajstić information content (AvgIpc) is 2.66. The van der Waals surface area contributed by atoms with E-state index in [1.54, 1.807) is 42.5 Å². The summed E-state index contributed by atoms with van der Waals surface area (Å²) in [6.45, 7) is 0. The zero-order valence-corrected chi connectivity index (χ0v) is 14.5. The Morgan fingerprint density at radius 3 is 2.54 bits per heavy atom. The second kappa shape index (κ2) is 7.19. The first kappa shape index (κ1) is 17.4. The lowest BCUT2D eigenvalue weighted by Gasteiger charge is -2.21. The fraction of sp³-hybridized carbons (Fsp3) is 0.200. The molecule has 0 saturated carbocycles. The summed E-state index contributed by atoms with van der Waals surface area (Å²) in [5, 5.41) is 21.2. The molecular formula is C20H18N2O4. The molecule has 6 heteroatoms. The molecule has 2 aromatic carbocycles. The first-order chi connectivity index (χ1) is 12.6. The van der Waals surface area contributed by atoms with Crippen molar-refractivity contribution >= 4 is 10.8 Å². The second-order valence-corrected chi connectivity index (χ2v) is 5.76. The number of hydrogen-bond donors (Lipinski definition) is 1. The third kappa shape index (κ3) is 2.95. The maximum Gasteiger partial charge on any atom is 0.254 e. The first-order valence-electron chi connectivity index (χ1n) is 8.02. The fourth-order valence-corrected chi connectivity index (χ4v) is 3.07. The number of aromatic nitrogens is 1. The van der Waals surface area contributed by atoms with E-state index in [1.165, 1.54) is 24.9 Å². The summed E-state index contributed by atoms with van der Waals surface area (Å²) in [7, 11) is 3.05. The van der Waals surface area contributed by atoms with E-state index in [0.29, 0.717) is 27.8 Å². The van der Waals surface area contributed by atoms with Crippen LogP contribution in [0.1, 0.15) is 18.0 Å². The van der Waals surface area contributed by atoms with E-state index in [-0.39, 0.29) is 17.9 Å². The summed E-state index contributed by atoms with van der Waals surface area (Å²) < 4.78 is 11.8. The van der Waals surface area contributed by atoms with Gasteiger partial charge in [0.15, 0.2) is 11.5 Å². The molecule has 0 aliphatic carbocycles. The van der Waals surface area contributed by atoms with E-state index in [1.807, 2.05) is 0 Å². The van der Waals surface area contributed by atoms with Crippen LogP contribution in [0.15, 0.2) is 53.3 Å². The van der Waals surface area contributed by atoms with Crippen LogP contribution in [0.3, 0.4) is 0 Å². The maximum atomic E-state index is 12.7. The summed E-state index contributed by atoms with van der Waals surface area (Å²) in [5.41, 5.74) is 0.285. The number of hydrogen-bond acceptors (Lipinski definition) is 5. The Balaban J connectivity index is 2.23. The Morgan fingerprint density at radius 2 is 1.85 bits per heavy atom. The van der Waals surface area contributed by atoms with Crippen molar-refractivity contribution in [1.29, 1.82) is 5.26 Å². The quantitative estimate of drug-likeness (QED) is 0.764. The minimum Gasteiger partial charge on any atom is -0.494 e. The van der Waals surface area contributed by atoms with Gasteiger partial charge in [-0.05, 0) is 29.1 Å². The lowest BCUT2D eigenvalue weighted by molar-refractivity contribution is 0.353. The Morgan fingerprint density at radius 1 is 1.12 bits per heavy atom. The predicted octanol–water partition coefficient (Wildman–Crippen LogP) is 3.23. The number of fused-ring (bicyclic) bond motifs is 1. The highest BCUT2D eigenvalue weighted by atomic mass is 16.5. The predicted molar refractivity (Wildman–Crippen MR) is 97.8 cm³/mol. The molecule has 0 bridgehead atoms. The van der Waals surface area contributed by atoms with Gasteiger partial charge in [-0.1, -0.05) is 24.3 Å². The Labute approximate surface area is 150 Å². The Kier molecular flexibility index (Phi) is 4.81. The molecule has 3 aromatic rings. The lowest BCUT2D eigenvalue weighted by atomic mass is 10.0. The number of pyridine rings is 1. The van der Waals surface area contributed by atoms with E-state index in [2.05, 4.69) is 6.07 Å². The monoisotopic (exact) mass is 350 g/mol. The highest BCUT2D eigenvalue weighted by Gasteiger charge is 2.21. The molecule has 26 heavy (non-hydrogen) atoms. The zero-order chi connectivity index (χ0) is 18.7. The molecule has 1 atom stereocenters. The van der Waals surface area contributed by atoms with Crippen LogP contribution < -0.4 is 15.0 Å². The van der Waals surface area contributed by atoms with Gasteiger partial charge in [0.1, 0.15) is 0 Å². The summed E-state index contributed by atoms with van der Waals surface area (Å²) in [5.74, 6) is 0.867. The minimum atomic E-state index is -0.656. The highest BCUT2D eigenvalue weighted by molar-refractivity contribution is 5.86. The normalized spacial score (nSPS) is 11.7. The molecule has 0 aliphatic rings. The minimum absolute atomic E-state index is 0.0152. The molecule has 1 aromatic heterocycles. The third-order valence-electron chi connectivity index (χ3n) is 4.33. The van der Waals surface area contributed by atoms with Crippen LogP contribution in [-0.4, -0.2) is 23.9 Å². The molecule has 1 unspecified atom stereocenters. The van der Waals surface area contributed by atoms with Gasteiger partial charge in [0.2, 0.25) is 5.88 Å². The number of nitrogens with zero attached hydrogens (tertiary/aromatic N) is 2. The second-order valence-electron chi connectivity index (χ2n) is 5.76. The molecule has 0 fully saturated rings. The van der Waals surface area contributed by atoms with Crippen molar-refractivity contribution in [3.8, 4) is 23.4 Å². The number of benzene rings is 2. The van der Waals surface area contributed by atoms with Crippen LogP contribution in [0, 0.1) is 11.3 Å². The SMILES string of the molecule is COc1ccc(C(CC#N)n2c(O)c3ccccc3cc2=O)cc1OC. The molecule has 0 radical (unpaired) electrons. The smallest absolute Gasteiger partial charge is 0.254 e. The third-order valence-corrected chi connectivity index (χ3v) is 4.33. The van der Waals surface area contributed by atoms with Gasteiger partial charge in [-0.15, -0.1) is 0 Å². The van der Waals surface area contributed by atoms with Gasteiger partial charge in [-0.25, -0.2) is 0 Å². The molecule has 0 amide bonds. The number of nitriles is 1. The number of aromatic hydroxyl groups is 1. The van der Waals surface area contributed by atoms with E-state index < -0.39 is 6.04 Å². The fourth-order valence-electron chi connectivity index (χ4n) is 3.07. The van der Waals surface area contributed by atoms with Gasteiger partial charge in [0, 0.05) is 11.5 Å². The van der Waals surface area contributed by atoms with E-state index in [0.717, 1.165) is 0 Å². The van der Waals surface area contributed by atoms with Crippen LogP contribution in [0.5, 0.6) is 17.4 Å². The Bertz CT molecular complexity index is 1050. The van der Waals surface area contributed by atoms with Crippen molar-refractivity contribution < 1.29 is 14.6 Å². The molecule has 0 saturated heterocycles. The molecule has 132 valence electrons. The molecule has 3 rings (SSSR count). The zero-order valence-electron chi connectivity index (χ0n) is 14.5. The molecule has 1 heterocycles. The van der Waals surface area contributed by atoms with Crippen molar-refractivity contribution in [3.63, 3.8) is 0 Å². The van der Waals surface area contributed by atoms with E-state index in [9.17, 15) is 15.2 Å². The van der Waals surface area contributed by atoms with Crippen LogP contribution in [-0.2, 0) is 0 Å². The standard InChI is InChI=1S/C20H18N2O4/c1-25-17-8-7-14(11-18(17)26-2)16(9-10-21)22-19(23)12-13-5-3-4-6-15(13)20(22)24/h3-8,11-12,16,24H,9H2,1-2H3. The largest absolute Gasteiger partial charge is 0.494 e. The van der Waals surface area contributed by atoms with Crippen molar-refractivity contribution in [2.24, 2.45) is 0 Å². The lowest BCUT2D eigenvalue weighted by Crippen LogP contribution is -2.25. The van der Waals surface area contributed by atoms with Gasteiger partial charge in [-0.3, -0.25) is 9.36 Å². The van der Waals surface area contributed by atoms with Gasteiger partial charge < -0.3 is 14.6 Å². The number of methoxy groups -OCH3 is 2. The first-order valence-corrected chi connectivity index (χ1v) is 8.02. The van der Waals surface area contributed by atoms with E-state index >= 15 is 0 Å². The van der Waals surface area contributed by atoms with Crippen LogP contribution in [0.4, 0.5) is 0 Å². The topological polar surface area (TPSA) is 84.5 Å². The van der Waals surface area contributed by atoms with Crippen molar-refractivity contribution in [2.75, 3.05) is 14.2 Å². The maximum absolute atomic E-state index is 12.7. The van der Waals surface area contributed by atoms with Crippen LogP contribution in [0.2, 0.25) is 0 Å². The molecule has 0 aliphatic heterocycles. The van der Waals surface area contributed by atoms with Crippen molar-refractivity contribution in [3.05, 3.63) is 64.4 Å².